The molecule has 5 heteroatoms. The molecule has 0 saturated carbocycles. The Morgan fingerprint density at radius 1 is 0.967 bits per heavy atom. The predicted molar refractivity (Wildman–Crippen MR) is 120 cm³/mol. The van der Waals surface area contributed by atoms with E-state index in [-0.39, 0.29) is 11.8 Å². The van der Waals surface area contributed by atoms with Gasteiger partial charge in [0.15, 0.2) is 0 Å². The third kappa shape index (κ3) is 4.85. The van der Waals surface area contributed by atoms with E-state index in [9.17, 15) is 4.79 Å². The number of amides is 1. The summed E-state index contributed by atoms with van der Waals surface area (Å²) >= 11 is 0. The maximum absolute atomic E-state index is 12.5. The van der Waals surface area contributed by atoms with Crippen molar-refractivity contribution in [2.45, 2.75) is 33.2 Å². The molecule has 30 heavy (non-hydrogen) atoms. The summed E-state index contributed by atoms with van der Waals surface area (Å²) in [6, 6.07) is 16.6. The first kappa shape index (κ1) is 20.1. The standard InChI is InChI=1S/C25H28N4O/c1-18-6-8-20(9-7-18)15-26-24(30)21-10-12-29(13-11-21)25-27-16-23(17-28-25)22-5-3-4-19(2)14-22/h3-9,14,16-17,21H,10-13,15H2,1-2H3,(H,26,30). The van der Waals surface area contributed by atoms with Gasteiger partial charge in [0.1, 0.15) is 0 Å². The predicted octanol–water partition coefficient (Wildman–Crippen LogP) is 4.29. The Labute approximate surface area is 178 Å². The topological polar surface area (TPSA) is 58.1 Å². The van der Waals surface area contributed by atoms with Crippen LogP contribution in [0.25, 0.3) is 11.1 Å². The largest absolute Gasteiger partial charge is 0.352 e. The first-order chi connectivity index (χ1) is 14.6. The summed E-state index contributed by atoms with van der Waals surface area (Å²) in [7, 11) is 0. The molecule has 1 saturated heterocycles. The lowest BCUT2D eigenvalue weighted by molar-refractivity contribution is -0.125. The Bertz CT molecular complexity index is 990. The molecule has 1 amide bonds. The average Bonchev–Trinajstić information content (AvgIpc) is 2.79. The number of aryl methyl sites for hydroxylation is 2. The van der Waals surface area contributed by atoms with Gasteiger partial charge in [0, 0.05) is 43.5 Å². The average molecular weight is 401 g/mol. The molecule has 2 aromatic carbocycles. The molecule has 2 heterocycles. The highest BCUT2D eigenvalue weighted by Crippen LogP contribution is 2.23. The molecule has 0 unspecified atom stereocenters. The molecule has 3 aromatic rings. The van der Waals surface area contributed by atoms with Crippen molar-refractivity contribution < 1.29 is 4.79 Å². The van der Waals surface area contributed by atoms with Crippen molar-refractivity contribution >= 4 is 11.9 Å². The Kier molecular flexibility index (Phi) is 6.07. The van der Waals surface area contributed by atoms with Crippen molar-refractivity contribution in [1.82, 2.24) is 15.3 Å². The van der Waals surface area contributed by atoms with Crippen molar-refractivity contribution in [3.05, 3.63) is 77.6 Å². The van der Waals surface area contributed by atoms with Crippen LogP contribution < -0.4 is 10.2 Å². The molecule has 5 nitrogen and oxygen atoms in total. The van der Waals surface area contributed by atoms with E-state index in [0.717, 1.165) is 48.6 Å². The maximum Gasteiger partial charge on any atom is 0.225 e. The van der Waals surface area contributed by atoms with Crippen LogP contribution in [0.5, 0.6) is 0 Å². The zero-order chi connectivity index (χ0) is 20.9. The SMILES string of the molecule is Cc1ccc(CNC(=O)C2CCN(c3ncc(-c4cccc(C)c4)cn3)CC2)cc1. The second-order valence-corrected chi connectivity index (χ2v) is 8.11. The molecule has 1 aliphatic heterocycles. The first-order valence-corrected chi connectivity index (χ1v) is 10.6. The lowest BCUT2D eigenvalue weighted by atomic mass is 9.96. The van der Waals surface area contributed by atoms with Crippen LogP contribution in [0, 0.1) is 19.8 Å². The minimum Gasteiger partial charge on any atom is -0.352 e. The lowest BCUT2D eigenvalue weighted by Gasteiger charge is -2.31. The van der Waals surface area contributed by atoms with Crippen molar-refractivity contribution in [1.29, 1.82) is 0 Å². The number of hydrogen-bond donors (Lipinski definition) is 1. The molecular formula is C25H28N4O. The van der Waals surface area contributed by atoms with E-state index in [1.165, 1.54) is 11.1 Å². The monoisotopic (exact) mass is 400 g/mol. The number of anilines is 1. The lowest BCUT2D eigenvalue weighted by Crippen LogP contribution is -2.41. The van der Waals surface area contributed by atoms with E-state index in [4.69, 9.17) is 0 Å². The minimum absolute atomic E-state index is 0.0539. The van der Waals surface area contributed by atoms with E-state index in [0.29, 0.717) is 6.54 Å². The van der Waals surface area contributed by atoms with E-state index < -0.39 is 0 Å². The number of carbonyl (C=O) groups is 1. The molecule has 1 aromatic heterocycles. The normalized spacial score (nSPS) is 14.5. The molecule has 154 valence electrons. The Morgan fingerprint density at radius 2 is 1.67 bits per heavy atom. The van der Waals surface area contributed by atoms with Gasteiger partial charge in [-0.2, -0.15) is 0 Å². The van der Waals surface area contributed by atoms with Crippen LogP contribution in [0.2, 0.25) is 0 Å². The van der Waals surface area contributed by atoms with Crippen molar-refractivity contribution in [2.75, 3.05) is 18.0 Å². The van der Waals surface area contributed by atoms with Crippen LogP contribution in [0.1, 0.15) is 29.5 Å². The number of rotatable bonds is 5. The third-order valence-electron chi connectivity index (χ3n) is 5.73. The van der Waals surface area contributed by atoms with Gasteiger partial charge >= 0.3 is 0 Å². The van der Waals surface area contributed by atoms with Gasteiger partial charge in [0.25, 0.3) is 0 Å². The Morgan fingerprint density at radius 3 is 2.33 bits per heavy atom. The molecule has 0 radical (unpaired) electrons. The Hall–Kier alpha value is -3.21. The highest BCUT2D eigenvalue weighted by molar-refractivity contribution is 5.79. The van der Waals surface area contributed by atoms with Crippen LogP contribution in [0.3, 0.4) is 0 Å². The fourth-order valence-electron chi connectivity index (χ4n) is 3.84. The van der Waals surface area contributed by atoms with Gasteiger partial charge in [-0.25, -0.2) is 9.97 Å². The molecule has 1 N–H and O–H groups in total. The third-order valence-corrected chi connectivity index (χ3v) is 5.73. The molecule has 0 bridgehead atoms. The molecule has 0 spiro atoms. The van der Waals surface area contributed by atoms with Crippen LogP contribution in [-0.2, 0) is 11.3 Å². The fourth-order valence-corrected chi connectivity index (χ4v) is 3.84. The van der Waals surface area contributed by atoms with Crippen molar-refractivity contribution in [3.8, 4) is 11.1 Å². The van der Waals surface area contributed by atoms with Gasteiger partial charge in [0.05, 0.1) is 0 Å². The zero-order valence-electron chi connectivity index (χ0n) is 17.6. The summed E-state index contributed by atoms with van der Waals surface area (Å²) in [6.45, 7) is 6.33. The van der Waals surface area contributed by atoms with Gasteiger partial charge in [0.2, 0.25) is 11.9 Å². The Balaban J connectivity index is 1.29. The van der Waals surface area contributed by atoms with E-state index >= 15 is 0 Å². The molecular weight excluding hydrogens is 372 g/mol. The summed E-state index contributed by atoms with van der Waals surface area (Å²) in [5, 5.41) is 3.08. The van der Waals surface area contributed by atoms with E-state index in [2.05, 4.69) is 76.5 Å². The fraction of sp³-hybridized carbons (Fsp3) is 0.320. The number of aromatic nitrogens is 2. The maximum atomic E-state index is 12.5. The second kappa shape index (κ2) is 9.08. The van der Waals surface area contributed by atoms with Crippen molar-refractivity contribution in [3.63, 3.8) is 0 Å². The van der Waals surface area contributed by atoms with Gasteiger partial charge in [-0.05, 0) is 37.8 Å². The highest BCUT2D eigenvalue weighted by Gasteiger charge is 2.26. The number of piperidine rings is 1. The molecule has 1 aliphatic rings. The van der Waals surface area contributed by atoms with Crippen LogP contribution >= 0.6 is 0 Å². The zero-order valence-corrected chi connectivity index (χ0v) is 17.6. The van der Waals surface area contributed by atoms with Gasteiger partial charge in [-0.15, -0.1) is 0 Å². The first-order valence-electron chi connectivity index (χ1n) is 10.6. The number of hydrogen-bond acceptors (Lipinski definition) is 4. The molecule has 4 rings (SSSR count). The van der Waals surface area contributed by atoms with E-state index in [1.54, 1.807) is 0 Å². The minimum atomic E-state index is 0.0539. The number of benzene rings is 2. The quantitative estimate of drug-likeness (QED) is 0.694. The van der Waals surface area contributed by atoms with Gasteiger partial charge < -0.3 is 10.2 Å². The highest BCUT2D eigenvalue weighted by atomic mass is 16.1. The summed E-state index contributed by atoms with van der Waals surface area (Å²) in [5.41, 5.74) is 5.73. The summed E-state index contributed by atoms with van der Waals surface area (Å²) in [5.74, 6) is 0.939. The number of nitrogens with one attached hydrogen (secondary N) is 1. The number of carbonyl (C=O) groups excluding carboxylic acids is 1. The summed E-state index contributed by atoms with van der Waals surface area (Å²) in [4.78, 5) is 23.9. The van der Waals surface area contributed by atoms with Gasteiger partial charge in [-0.1, -0.05) is 59.7 Å². The smallest absolute Gasteiger partial charge is 0.225 e. The van der Waals surface area contributed by atoms with Crippen molar-refractivity contribution in [2.24, 2.45) is 5.92 Å². The summed E-state index contributed by atoms with van der Waals surface area (Å²) < 4.78 is 0. The van der Waals surface area contributed by atoms with Crippen LogP contribution in [0.15, 0.2) is 60.9 Å². The van der Waals surface area contributed by atoms with Crippen LogP contribution in [0.4, 0.5) is 5.95 Å². The molecule has 1 fully saturated rings. The summed E-state index contributed by atoms with van der Waals surface area (Å²) in [6.07, 6.45) is 5.42. The molecule has 0 aliphatic carbocycles. The number of nitrogens with zero attached hydrogens (tertiary/aromatic N) is 3. The van der Waals surface area contributed by atoms with E-state index in [1.807, 2.05) is 18.5 Å². The van der Waals surface area contributed by atoms with Crippen LogP contribution in [-0.4, -0.2) is 29.0 Å². The second-order valence-electron chi connectivity index (χ2n) is 8.11. The molecule has 0 atom stereocenters. The van der Waals surface area contributed by atoms with Gasteiger partial charge in [-0.3, -0.25) is 4.79 Å².